The Labute approximate surface area is 141 Å². The van der Waals surface area contributed by atoms with Gasteiger partial charge in [-0.3, -0.25) is 4.79 Å². The summed E-state index contributed by atoms with van der Waals surface area (Å²) >= 11 is 0. The molecule has 1 aliphatic rings. The monoisotopic (exact) mass is 330 g/mol. The molecule has 0 radical (unpaired) electrons. The average Bonchev–Trinajstić information content (AvgIpc) is 3.14. The Morgan fingerprint density at radius 1 is 1.33 bits per heavy atom. The Kier molecular flexibility index (Phi) is 4.94. The van der Waals surface area contributed by atoms with Crippen LogP contribution in [0.1, 0.15) is 40.2 Å². The first-order valence-corrected chi connectivity index (χ1v) is 8.42. The third kappa shape index (κ3) is 3.19. The molecule has 6 heteroatoms. The molecule has 0 saturated heterocycles. The summed E-state index contributed by atoms with van der Waals surface area (Å²) in [6, 6.07) is 5.08. The molecule has 0 bridgehead atoms. The number of nitrogens with zero attached hydrogens (tertiary/aromatic N) is 2. The quantitative estimate of drug-likeness (QED) is 0.798. The largest absolute Gasteiger partial charge is 0.351 e. The molecule has 2 N–H and O–H groups in total. The van der Waals surface area contributed by atoms with Crippen molar-refractivity contribution in [2.75, 3.05) is 20.1 Å². The van der Waals surface area contributed by atoms with Crippen molar-refractivity contribution in [1.29, 1.82) is 0 Å². The van der Waals surface area contributed by atoms with Gasteiger partial charge >= 0.3 is 0 Å². The lowest BCUT2D eigenvalue weighted by atomic mass is 10.2. The van der Waals surface area contributed by atoms with Gasteiger partial charge in [-0.2, -0.15) is 5.10 Å². The lowest BCUT2D eigenvalue weighted by Crippen LogP contribution is -2.27. The van der Waals surface area contributed by atoms with Crippen LogP contribution in [-0.4, -0.2) is 35.8 Å². The van der Waals surface area contributed by atoms with Crippen molar-refractivity contribution >= 4 is 5.91 Å². The molecule has 1 aliphatic carbocycles. The van der Waals surface area contributed by atoms with Gasteiger partial charge in [-0.15, -0.1) is 0 Å². The minimum Gasteiger partial charge on any atom is -0.351 e. The number of nitrogens with one attached hydrogen (secondary N) is 2. The minimum atomic E-state index is -0.312. The summed E-state index contributed by atoms with van der Waals surface area (Å²) in [6.45, 7) is 3.30. The normalized spacial score (nSPS) is 13.1. The zero-order chi connectivity index (χ0) is 17.1. The van der Waals surface area contributed by atoms with Crippen LogP contribution >= 0.6 is 0 Å². The highest BCUT2D eigenvalue weighted by Gasteiger charge is 2.27. The van der Waals surface area contributed by atoms with Crippen molar-refractivity contribution in [3.05, 3.63) is 46.5 Å². The number of carbonyl (C=O) groups is 1. The Hall–Kier alpha value is -2.21. The van der Waals surface area contributed by atoms with Gasteiger partial charge in [-0.1, -0.05) is 6.07 Å². The zero-order valence-corrected chi connectivity index (χ0v) is 14.2. The van der Waals surface area contributed by atoms with Crippen molar-refractivity contribution in [2.45, 2.75) is 32.6 Å². The maximum Gasteiger partial charge on any atom is 0.272 e. The van der Waals surface area contributed by atoms with Crippen LogP contribution in [0.2, 0.25) is 0 Å². The van der Waals surface area contributed by atoms with E-state index in [1.807, 2.05) is 20.0 Å². The van der Waals surface area contributed by atoms with E-state index in [4.69, 9.17) is 0 Å². The van der Waals surface area contributed by atoms with Crippen LogP contribution < -0.4 is 10.6 Å². The van der Waals surface area contributed by atoms with Crippen molar-refractivity contribution in [1.82, 2.24) is 20.4 Å². The molecule has 1 aromatic heterocycles. The van der Waals surface area contributed by atoms with E-state index in [0.29, 0.717) is 17.9 Å². The van der Waals surface area contributed by atoms with Crippen LogP contribution in [0.15, 0.2) is 18.2 Å². The van der Waals surface area contributed by atoms with Gasteiger partial charge in [0.15, 0.2) is 5.69 Å². The summed E-state index contributed by atoms with van der Waals surface area (Å²) in [5.41, 5.74) is 3.63. The van der Waals surface area contributed by atoms with Gasteiger partial charge in [0.05, 0.1) is 0 Å². The first kappa shape index (κ1) is 16.6. The second-order valence-corrected chi connectivity index (χ2v) is 6.21. The molecule has 0 spiro atoms. The number of carbonyl (C=O) groups excluding carboxylic acids is 1. The minimum absolute atomic E-state index is 0.171. The number of halogens is 1. The summed E-state index contributed by atoms with van der Waals surface area (Å²) in [5.74, 6) is -0.483. The third-order valence-electron chi connectivity index (χ3n) is 4.37. The van der Waals surface area contributed by atoms with Crippen LogP contribution in [0.4, 0.5) is 4.39 Å². The number of rotatable bonds is 6. The molecule has 0 aliphatic heterocycles. The Morgan fingerprint density at radius 2 is 2.17 bits per heavy atom. The van der Waals surface area contributed by atoms with Gasteiger partial charge in [0.2, 0.25) is 0 Å². The molecule has 0 unspecified atom stereocenters. The lowest BCUT2D eigenvalue weighted by molar-refractivity contribution is 0.0947. The summed E-state index contributed by atoms with van der Waals surface area (Å²) in [5, 5.41) is 10.4. The molecule has 24 heavy (non-hydrogen) atoms. The van der Waals surface area contributed by atoms with Crippen LogP contribution in [0.25, 0.3) is 5.69 Å². The fraction of sp³-hybridized carbons (Fsp3) is 0.444. The maximum atomic E-state index is 14.3. The number of aryl methyl sites for hydroxylation is 1. The van der Waals surface area contributed by atoms with Crippen LogP contribution in [-0.2, 0) is 12.8 Å². The van der Waals surface area contributed by atoms with Crippen molar-refractivity contribution in [2.24, 2.45) is 0 Å². The molecule has 1 heterocycles. The van der Waals surface area contributed by atoms with Crippen LogP contribution in [0, 0.1) is 12.7 Å². The molecular weight excluding hydrogens is 307 g/mol. The average molecular weight is 330 g/mol. The van der Waals surface area contributed by atoms with Gasteiger partial charge in [0.1, 0.15) is 11.5 Å². The molecule has 2 aromatic rings. The van der Waals surface area contributed by atoms with E-state index in [-0.39, 0.29) is 11.7 Å². The van der Waals surface area contributed by atoms with Gasteiger partial charge < -0.3 is 10.6 Å². The molecule has 1 amide bonds. The molecular formula is C18H23FN4O. The Bertz CT molecular complexity index is 754. The summed E-state index contributed by atoms with van der Waals surface area (Å²) in [6.07, 6.45) is 3.48. The van der Waals surface area contributed by atoms with E-state index in [9.17, 15) is 9.18 Å². The van der Waals surface area contributed by atoms with Crippen LogP contribution in [0.3, 0.4) is 0 Å². The second-order valence-electron chi connectivity index (χ2n) is 6.21. The predicted molar refractivity (Wildman–Crippen MR) is 91.2 cm³/mol. The number of benzene rings is 1. The molecule has 0 saturated carbocycles. The van der Waals surface area contributed by atoms with Gasteiger partial charge in [-0.25, -0.2) is 9.07 Å². The molecule has 128 valence electrons. The number of hydrogen-bond donors (Lipinski definition) is 2. The Morgan fingerprint density at radius 3 is 2.92 bits per heavy atom. The molecule has 0 atom stereocenters. The van der Waals surface area contributed by atoms with E-state index >= 15 is 0 Å². The number of amides is 1. The van der Waals surface area contributed by atoms with Gasteiger partial charge in [0.25, 0.3) is 5.91 Å². The van der Waals surface area contributed by atoms with Gasteiger partial charge in [-0.05, 0) is 63.9 Å². The van der Waals surface area contributed by atoms with Crippen molar-refractivity contribution in [3.63, 3.8) is 0 Å². The van der Waals surface area contributed by atoms with Crippen molar-refractivity contribution < 1.29 is 9.18 Å². The molecule has 1 aromatic carbocycles. The maximum absolute atomic E-state index is 14.3. The highest BCUT2D eigenvalue weighted by atomic mass is 19.1. The number of aromatic nitrogens is 2. The fourth-order valence-corrected chi connectivity index (χ4v) is 3.15. The second kappa shape index (κ2) is 7.13. The SMILES string of the molecule is CNCCCNC(=O)c1nn(-c2ccc(C)cc2F)c2c1CCC2. The smallest absolute Gasteiger partial charge is 0.272 e. The summed E-state index contributed by atoms with van der Waals surface area (Å²) < 4.78 is 15.9. The van der Waals surface area contributed by atoms with Crippen LogP contribution in [0.5, 0.6) is 0 Å². The first-order valence-electron chi connectivity index (χ1n) is 8.42. The summed E-state index contributed by atoms with van der Waals surface area (Å²) in [7, 11) is 1.88. The highest BCUT2D eigenvalue weighted by molar-refractivity contribution is 5.94. The zero-order valence-electron chi connectivity index (χ0n) is 14.2. The third-order valence-corrected chi connectivity index (χ3v) is 4.37. The Balaban J connectivity index is 1.89. The van der Waals surface area contributed by atoms with Crippen molar-refractivity contribution in [3.8, 4) is 5.69 Å². The predicted octanol–water partition coefficient (Wildman–Crippen LogP) is 2.15. The van der Waals surface area contributed by atoms with Gasteiger partial charge in [0, 0.05) is 17.8 Å². The molecule has 5 nitrogen and oxygen atoms in total. The number of hydrogen-bond acceptors (Lipinski definition) is 3. The lowest BCUT2D eigenvalue weighted by Gasteiger charge is -2.07. The molecule has 0 fully saturated rings. The highest BCUT2D eigenvalue weighted by Crippen LogP contribution is 2.28. The van der Waals surface area contributed by atoms with E-state index in [1.165, 1.54) is 6.07 Å². The van der Waals surface area contributed by atoms with E-state index in [1.54, 1.807) is 10.7 Å². The topological polar surface area (TPSA) is 58.9 Å². The fourth-order valence-electron chi connectivity index (χ4n) is 3.15. The van der Waals surface area contributed by atoms with E-state index in [2.05, 4.69) is 15.7 Å². The standard InChI is InChI=1S/C18H23FN4O/c1-12-7-8-16(14(19)11-12)23-15-6-3-5-13(15)17(22-23)18(24)21-10-4-9-20-2/h7-8,11,20H,3-6,9-10H2,1-2H3,(H,21,24). The first-order chi connectivity index (χ1) is 11.6. The van der Waals surface area contributed by atoms with E-state index < -0.39 is 0 Å². The molecule has 3 rings (SSSR count). The van der Waals surface area contributed by atoms with E-state index in [0.717, 1.165) is 49.0 Å². The number of fused-ring (bicyclic) bond motifs is 1. The summed E-state index contributed by atoms with van der Waals surface area (Å²) in [4.78, 5) is 12.5.